The van der Waals surface area contributed by atoms with E-state index in [-0.39, 0.29) is 5.54 Å². The van der Waals surface area contributed by atoms with Gasteiger partial charge in [0, 0.05) is 22.2 Å². The maximum Gasteiger partial charge on any atom is 0.144 e. The van der Waals surface area contributed by atoms with Crippen molar-refractivity contribution in [3.63, 3.8) is 0 Å². The van der Waals surface area contributed by atoms with Crippen molar-refractivity contribution in [2.24, 2.45) is 9.98 Å². The molecule has 0 saturated heterocycles. The lowest BCUT2D eigenvalue weighted by atomic mass is 9.96. The molecule has 3 aromatic rings. The highest BCUT2D eigenvalue weighted by atomic mass is 16.5. The highest BCUT2D eigenvalue weighted by molar-refractivity contribution is 6.53. The van der Waals surface area contributed by atoms with Crippen molar-refractivity contribution in [2.45, 2.75) is 33.2 Å². The lowest BCUT2D eigenvalue weighted by molar-refractivity contribution is 0.350. The summed E-state index contributed by atoms with van der Waals surface area (Å²) in [4.78, 5) is 12.5. The van der Waals surface area contributed by atoms with Crippen molar-refractivity contribution in [2.75, 3.05) is 7.11 Å². The van der Waals surface area contributed by atoms with Crippen LogP contribution in [0.2, 0.25) is 0 Å². The largest absolute Gasteiger partial charge is 0.497 e. The van der Waals surface area contributed by atoms with Gasteiger partial charge in [-0.25, -0.2) is 9.98 Å². The molecule has 0 bridgehead atoms. The van der Waals surface area contributed by atoms with Gasteiger partial charge in [-0.15, -0.1) is 0 Å². The molecule has 0 unspecified atom stereocenters. The standard InChI is InChI=1S/C28H27N3O/c1-18-10-14-20(15-11-18)29-26-24(19-12-16-21(32-5)17-13-19)25-22-8-6-7-9-23(22)30-27(25)31(26)28(2,3)4/h6-17H,1-5H3. The van der Waals surface area contributed by atoms with Gasteiger partial charge in [0.15, 0.2) is 0 Å². The first-order chi connectivity index (χ1) is 15.4. The van der Waals surface area contributed by atoms with Crippen LogP contribution < -0.4 is 4.74 Å². The first-order valence-electron chi connectivity index (χ1n) is 10.9. The minimum Gasteiger partial charge on any atom is -0.497 e. The minimum absolute atomic E-state index is 0.204. The molecule has 0 atom stereocenters. The van der Waals surface area contributed by atoms with Crippen molar-refractivity contribution in [3.05, 3.63) is 89.5 Å². The van der Waals surface area contributed by atoms with Crippen LogP contribution in [-0.4, -0.2) is 29.2 Å². The number of aryl methyl sites for hydroxylation is 1. The topological polar surface area (TPSA) is 37.2 Å². The summed E-state index contributed by atoms with van der Waals surface area (Å²) in [5, 5.41) is 0. The van der Waals surface area contributed by atoms with Crippen molar-refractivity contribution in [3.8, 4) is 5.75 Å². The average Bonchev–Trinajstić information content (AvgIpc) is 3.29. The lowest BCUT2D eigenvalue weighted by Gasteiger charge is -2.34. The molecule has 0 amide bonds. The van der Waals surface area contributed by atoms with E-state index in [2.05, 4.69) is 87.2 Å². The third-order valence-electron chi connectivity index (χ3n) is 5.84. The molecule has 0 saturated carbocycles. The number of aliphatic imine (C=N–C) groups is 2. The number of ether oxygens (including phenoxy) is 1. The average molecular weight is 422 g/mol. The van der Waals surface area contributed by atoms with Gasteiger partial charge in [-0.05, 0) is 63.6 Å². The molecule has 160 valence electrons. The molecule has 32 heavy (non-hydrogen) atoms. The van der Waals surface area contributed by atoms with Crippen LogP contribution in [0.4, 0.5) is 11.4 Å². The van der Waals surface area contributed by atoms with Crippen LogP contribution in [0.15, 0.2) is 82.8 Å². The summed E-state index contributed by atoms with van der Waals surface area (Å²) in [6.45, 7) is 8.71. The third-order valence-corrected chi connectivity index (χ3v) is 5.84. The van der Waals surface area contributed by atoms with Gasteiger partial charge in [0.2, 0.25) is 0 Å². The van der Waals surface area contributed by atoms with Crippen LogP contribution >= 0.6 is 0 Å². The molecule has 0 radical (unpaired) electrons. The summed E-state index contributed by atoms with van der Waals surface area (Å²) in [6.07, 6.45) is 0. The molecule has 5 rings (SSSR count). The highest BCUT2D eigenvalue weighted by Gasteiger charge is 2.44. The van der Waals surface area contributed by atoms with Crippen LogP contribution in [0.1, 0.15) is 37.5 Å². The van der Waals surface area contributed by atoms with E-state index < -0.39 is 0 Å². The van der Waals surface area contributed by atoms with Gasteiger partial charge in [0.25, 0.3) is 0 Å². The molecule has 4 nitrogen and oxygen atoms in total. The highest BCUT2D eigenvalue weighted by Crippen LogP contribution is 2.48. The van der Waals surface area contributed by atoms with Gasteiger partial charge in [0.05, 0.1) is 18.5 Å². The molecule has 0 aromatic heterocycles. The quantitative estimate of drug-likeness (QED) is 0.466. The van der Waals surface area contributed by atoms with E-state index in [1.807, 2.05) is 18.2 Å². The normalized spacial score (nSPS) is 16.3. The van der Waals surface area contributed by atoms with Crippen LogP contribution in [-0.2, 0) is 0 Å². The smallest absolute Gasteiger partial charge is 0.144 e. The van der Waals surface area contributed by atoms with Crippen LogP contribution in [0.5, 0.6) is 5.75 Å². The van der Waals surface area contributed by atoms with Crippen molar-refractivity contribution in [1.82, 2.24) is 4.90 Å². The molecule has 2 aliphatic rings. The zero-order valence-corrected chi connectivity index (χ0v) is 19.2. The Balaban J connectivity index is 1.80. The molecule has 3 aromatic carbocycles. The van der Waals surface area contributed by atoms with E-state index in [1.165, 1.54) is 5.56 Å². The van der Waals surface area contributed by atoms with Gasteiger partial charge in [-0.2, -0.15) is 0 Å². The van der Waals surface area contributed by atoms with Gasteiger partial charge < -0.3 is 9.64 Å². The molecule has 0 spiro atoms. The van der Waals surface area contributed by atoms with Gasteiger partial charge in [-0.1, -0.05) is 48.0 Å². The predicted molar refractivity (Wildman–Crippen MR) is 133 cm³/mol. The Morgan fingerprint density at radius 2 is 1.53 bits per heavy atom. The summed E-state index contributed by atoms with van der Waals surface area (Å²) in [5.41, 5.74) is 7.45. The molecular weight excluding hydrogens is 394 g/mol. The Kier molecular flexibility index (Phi) is 4.74. The number of amidine groups is 2. The van der Waals surface area contributed by atoms with Gasteiger partial charge in [0.1, 0.15) is 17.4 Å². The molecular formula is C28H27N3O. The van der Waals surface area contributed by atoms with Crippen LogP contribution in [0.3, 0.4) is 0 Å². The van der Waals surface area contributed by atoms with E-state index in [1.54, 1.807) is 7.11 Å². The number of hydrogen-bond acceptors (Lipinski definition) is 3. The number of benzene rings is 3. The van der Waals surface area contributed by atoms with Crippen molar-refractivity contribution < 1.29 is 4.74 Å². The summed E-state index contributed by atoms with van der Waals surface area (Å²) in [6, 6.07) is 24.9. The Hall–Kier alpha value is -3.66. The van der Waals surface area contributed by atoms with Crippen LogP contribution in [0, 0.1) is 6.92 Å². The monoisotopic (exact) mass is 421 g/mol. The molecule has 2 aliphatic heterocycles. The second-order valence-corrected chi connectivity index (χ2v) is 9.21. The third kappa shape index (κ3) is 3.32. The first kappa shape index (κ1) is 20.3. The number of nitrogens with zero attached hydrogens (tertiary/aromatic N) is 3. The fourth-order valence-corrected chi connectivity index (χ4v) is 4.32. The SMILES string of the molecule is COc1ccc(C2=C3C(=Nc4ccccc43)N(C(C)(C)C)C2=Nc2ccc(C)cc2)cc1. The summed E-state index contributed by atoms with van der Waals surface area (Å²) < 4.78 is 5.40. The van der Waals surface area contributed by atoms with E-state index in [4.69, 9.17) is 14.7 Å². The molecule has 0 aliphatic carbocycles. The lowest BCUT2D eigenvalue weighted by Crippen LogP contribution is -2.46. The molecule has 2 heterocycles. The van der Waals surface area contributed by atoms with Gasteiger partial charge >= 0.3 is 0 Å². The Bertz CT molecular complexity index is 1270. The first-order valence-corrected chi connectivity index (χ1v) is 10.9. The maximum absolute atomic E-state index is 5.40. The van der Waals surface area contributed by atoms with E-state index in [0.29, 0.717) is 0 Å². The number of methoxy groups -OCH3 is 1. The summed E-state index contributed by atoms with van der Waals surface area (Å²) in [5.74, 6) is 2.73. The van der Waals surface area contributed by atoms with Crippen LogP contribution in [0.25, 0.3) is 11.1 Å². The van der Waals surface area contributed by atoms with Crippen molar-refractivity contribution in [1.29, 1.82) is 0 Å². The Labute approximate surface area is 189 Å². The number of hydrogen-bond donors (Lipinski definition) is 0. The summed E-state index contributed by atoms with van der Waals surface area (Å²) in [7, 11) is 1.69. The number of fused-ring (bicyclic) bond motifs is 3. The Morgan fingerprint density at radius 1 is 0.844 bits per heavy atom. The zero-order valence-electron chi connectivity index (χ0n) is 19.2. The zero-order chi connectivity index (χ0) is 22.5. The summed E-state index contributed by atoms with van der Waals surface area (Å²) >= 11 is 0. The van der Waals surface area contributed by atoms with E-state index in [9.17, 15) is 0 Å². The second kappa shape index (κ2) is 7.49. The molecule has 4 heteroatoms. The number of para-hydroxylation sites is 1. The molecule has 0 fully saturated rings. The predicted octanol–water partition coefficient (Wildman–Crippen LogP) is 6.80. The Morgan fingerprint density at radius 3 is 2.19 bits per heavy atom. The van der Waals surface area contributed by atoms with E-state index in [0.717, 1.165) is 51.1 Å². The van der Waals surface area contributed by atoms with Gasteiger partial charge in [-0.3, -0.25) is 0 Å². The fraction of sp³-hybridized carbons (Fsp3) is 0.214. The van der Waals surface area contributed by atoms with E-state index >= 15 is 0 Å². The second-order valence-electron chi connectivity index (χ2n) is 9.21. The molecule has 0 N–H and O–H groups in total. The fourth-order valence-electron chi connectivity index (χ4n) is 4.32. The maximum atomic E-state index is 5.40. The van der Waals surface area contributed by atoms with Crippen molar-refractivity contribution >= 4 is 34.2 Å². The number of rotatable bonds is 3. The minimum atomic E-state index is -0.204.